The maximum absolute atomic E-state index is 4.72. The number of hydrogen-bond acceptors (Lipinski definition) is 5. The molecular formula is C16H22N4S. The van der Waals surface area contributed by atoms with E-state index in [4.69, 9.17) is 4.98 Å². The number of rotatable bonds is 4. The van der Waals surface area contributed by atoms with Gasteiger partial charge in [-0.15, -0.1) is 11.3 Å². The zero-order chi connectivity index (χ0) is 14.8. The lowest BCUT2D eigenvalue weighted by molar-refractivity contribution is 0.244. The van der Waals surface area contributed by atoms with Crippen LogP contribution in [-0.2, 0) is 25.9 Å². The Kier molecular flexibility index (Phi) is 4.31. The molecule has 0 aromatic carbocycles. The Morgan fingerprint density at radius 2 is 2.14 bits per heavy atom. The predicted molar refractivity (Wildman–Crippen MR) is 85.4 cm³/mol. The number of aromatic nitrogens is 3. The minimum atomic E-state index is 0.956. The molecule has 0 bridgehead atoms. The number of thiazole rings is 1. The van der Waals surface area contributed by atoms with Gasteiger partial charge in [0.25, 0.3) is 0 Å². The van der Waals surface area contributed by atoms with Gasteiger partial charge in [0.1, 0.15) is 5.82 Å². The number of aryl methyl sites for hydroxylation is 3. The molecule has 1 aliphatic heterocycles. The topological polar surface area (TPSA) is 41.9 Å². The third-order valence-corrected chi connectivity index (χ3v) is 4.96. The molecule has 112 valence electrons. The Labute approximate surface area is 130 Å². The van der Waals surface area contributed by atoms with Crippen molar-refractivity contribution in [2.24, 2.45) is 0 Å². The highest BCUT2D eigenvalue weighted by molar-refractivity contribution is 7.11. The summed E-state index contributed by atoms with van der Waals surface area (Å²) in [4.78, 5) is 17.6. The zero-order valence-electron chi connectivity index (χ0n) is 13.0. The van der Waals surface area contributed by atoms with Crippen LogP contribution < -0.4 is 0 Å². The van der Waals surface area contributed by atoms with E-state index in [1.165, 1.54) is 21.8 Å². The lowest BCUT2D eigenvalue weighted by Gasteiger charge is -2.27. The van der Waals surface area contributed by atoms with E-state index in [0.29, 0.717) is 0 Å². The average molecular weight is 302 g/mol. The first kappa shape index (κ1) is 14.6. The van der Waals surface area contributed by atoms with Gasteiger partial charge in [0.2, 0.25) is 0 Å². The van der Waals surface area contributed by atoms with Crippen LogP contribution in [0.4, 0.5) is 0 Å². The fourth-order valence-electron chi connectivity index (χ4n) is 2.82. The third-order valence-electron chi connectivity index (χ3n) is 3.90. The Bertz CT molecular complexity index is 635. The number of fused-ring (bicyclic) bond motifs is 1. The SMILES string of the molecule is CCCc1ncc2c(n1)CCN(Cc1sc(C)nc1C)C2. The molecular weight excluding hydrogens is 280 g/mol. The normalized spacial score (nSPS) is 15.2. The van der Waals surface area contributed by atoms with Crippen LogP contribution >= 0.6 is 11.3 Å². The lowest BCUT2D eigenvalue weighted by Crippen LogP contribution is -2.31. The molecule has 2 aromatic heterocycles. The molecule has 0 spiro atoms. The molecule has 3 heterocycles. The van der Waals surface area contributed by atoms with Crippen LogP contribution in [0.15, 0.2) is 6.20 Å². The highest BCUT2D eigenvalue weighted by Gasteiger charge is 2.19. The molecule has 0 radical (unpaired) electrons. The van der Waals surface area contributed by atoms with Crippen LogP contribution in [-0.4, -0.2) is 26.4 Å². The Hall–Kier alpha value is -1.33. The van der Waals surface area contributed by atoms with E-state index in [1.54, 1.807) is 0 Å². The van der Waals surface area contributed by atoms with Crippen molar-refractivity contribution in [3.05, 3.63) is 38.9 Å². The van der Waals surface area contributed by atoms with E-state index in [1.807, 2.05) is 17.5 Å². The summed E-state index contributed by atoms with van der Waals surface area (Å²) in [5.41, 5.74) is 3.72. The highest BCUT2D eigenvalue weighted by atomic mass is 32.1. The van der Waals surface area contributed by atoms with Gasteiger partial charge >= 0.3 is 0 Å². The summed E-state index contributed by atoms with van der Waals surface area (Å²) in [6.07, 6.45) is 5.15. The molecule has 0 N–H and O–H groups in total. The van der Waals surface area contributed by atoms with Gasteiger partial charge in [0.15, 0.2) is 0 Å². The van der Waals surface area contributed by atoms with Gasteiger partial charge in [0.05, 0.1) is 10.7 Å². The van der Waals surface area contributed by atoms with Gasteiger partial charge in [-0.2, -0.15) is 0 Å². The second-order valence-electron chi connectivity index (χ2n) is 5.71. The molecule has 0 saturated heterocycles. The van der Waals surface area contributed by atoms with Crippen molar-refractivity contribution in [2.45, 2.75) is 53.1 Å². The predicted octanol–water partition coefficient (Wildman–Crippen LogP) is 3.06. The van der Waals surface area contributed by atoms with Crippen LogP contribution in [0.3, 0.4) is 0 Å². The van der Waals surface area contributed by atoms with Gasteiger partial charge in [-0.05, 0) is 20.3 Å². The van der Waals surface area contributed by atoms with Crippen molar-refractivity contribution < 1.29 is 0 Å². The van der Waals surface area contributed by atoms with Crippen molar-refractivity contribution in [1.82, 2.24) is 19.9 Å². The van der Waals surface area contributed by atoms with E-state index >= 15 is 0 Å². The van der Waals surface area contributed by atoms with Crippen molar-refractivity contribution >= 4 is 11.3 Å². The van der Waals surface area contributed by atoms with E-state index in [2.05, 4.69) is 35.6 Å². The molecule has 0 aliphatic carbocycles. The molecule has 5 heteroatoms. The van der Waals surface area contributed by atoms with Gasteiger partial charge in [-0.25, -0.2) is 15.0 Å². The standard InChI is InChI=1S/C16H22N4S/c1-4-5-16-17-8-13-9-20(7-6-14(13)19-16)10-15-11(2)18-12(3)21-15/h8H,4-7,9-10H2,1-3H3. The summed E-state index contributed by atoms with van der Waals surface area (Å²) in [5.74, 6) is 0.999. The van der Waals surface area contributed by atoms with Gasteiger partial charge < -0.3 is 0 Å². The summed E-state index contributed by atoms with van der Waals surface area (Å²) >= 11 is 1.81. The van der Waals surface area contributed by atoms with Crippen molar-refractivity contribution in [3.8, 4) is 0 Å². The molecule has 0 amide bonds. The fraction of sp³-hybridized carbons (Fsp3) is 0.562. The monoisotopic (exact) mass is 302 g/mol. The second kappa shape index (κ2) is 6.20. The summed E-state index contributed by atoms with van der Waals surface area (Å²) in [6, 6.07) is 0. The third kappa shape index (κ3) is 3.30. The van der Waals surface area contributed by atoms with Gasteiger partial charge in [-0.1, -0.05) is 6.92 Å². The molecule has 4 nitrogen and oxygen atoms in total. The molecule has 2 aromatic rings. The van der Waals surface area contributed by atoms with E-state index in [-0.39, 0.29) is 0 Å². The molecule has 0 fully saturated rings. The van der Waals surface area contributed by atoms with Gasteiger partial charge in [0, 0.05) is 54.8 Å². The molecule has 1 aliphatic rings. The maximum atomic E-state index is 4.72. The first-order valence-electron chi connectivity index (χ1n) is 7.64. The van der Waals surface area contributed by atoms with Crippen LogP contribution in [0.1, 0.15) is 46.0 Å². The Morgan fingerprint density at radius 1 is 1.29 bits per heavy atom. The highest BCUT2D eigenvalue weighted by Crippen LogP contribution is 2.23. The molecule has 21 heavy (non-hydrogen) atoms. The fourth-order valence-corrected chi connectivity index (χ4v) is 3.80. The molecule has 0 unspecified atom stereocenters. The first-order valence-corrected chi connectivity index (χ1v) is 8.46. The molecule has 0 saturated carbocycles. The first-order chi connectivity index (χ1) is 10.2. The van der Waals surface area contributed by atoms with Crippen molar-refractivity contribution in [1.29, 1.82) is 0 Å². The smallest absolute Gasteiger partial charge is 0.128 e. The zero-order valence-corrected chi connectivity index (χ0v) is 13.8. The average Bonchev–Trinajstić information content (AvgIpc) is 2.77. The maximum Gasteiger partial charge on any atom is 0.128 e. The summed E-state index contributed by atoms with van der Waals surface area (Å²) in [7, 11) is 0. The van der Waals surface area contributed by atoms with E-state index < -0.39 is 0 Å². The Balaban J connectivity index is 1.71. The molecule has 3 rings (SSSR count). The number of hydrogen-bond donors (Lipinski definition) is 0. The Morgan fingerprint density at radius 3 is 2.86 bits per heavy atom. The summed E-state index contributed by atoms with van der Waals surface area (Å²) < 4.78 is 0. The second-order valence-corrected chi connectivity index (χ2v) is 7.00. The number of nitrogens with zero attached hydrogens (tertiary/aromatic N) is 4. The summed E-state index contributed by atoms with van der Waals surface area (Å²) in [5, 5.41) is 1.16. The summed E-state index contributed by atoms with van der Waals surface area (Å²) in [6.45, 7) is 9.38. The van der Waals surface area contributed by atoms with Crippen LogP contribution in [0.25, 0.3) is 0 Å². The van der Waals surface area contributed by atoms with Crippen molar-refractivity contribution in [3.63, 3.8) is 0 Å². The lowest BCUT2D eigenvalue weighted by atomic mass is 10.1. The van der Waals surface area contributed by atoms with Crippen LogP contribution in [0, 0.1) is 13.8 Å². The van der Waals surface area contributed by atoms with Crippen LogP contribution in [0.2, 0.25) is 0 Å². The molecule has 0 atom stereocenters. The van der Waals surface area contributed by atoms with Crippen molar-refractivity contribution in [2.75, 3.05) is 6.54 Å². The van der Waals surface area contributed by atoms with Crippen LogP contribution in [0.5, 0.6) is 0 Å². The largest absolute Gasteiger partial charge is 0.293 e. The minimum absolute atomic E-state index is 0.956. The van der Waals surface area contributed by atoms with E-state index in [0.717, 1.165) is 49.7 Å². The quantitative estimate of drug-likeness (QED) is 0.870. The van der Waals surface area contributed by atoms with Gasteiger partial charge in [-0.3, -0.25) is 4.90 Å². The van der Waals surface area contributed by atoms with E-state index in [9.17, 15) is 0 Å². The minimum Gasteiger partial charge on any atom is -0.293 e.